The third kappa shape index (κ3) is 2.65. The number of benzene rings is 2. The number of rotatable bonds is 3. The van der Waals surface area contributed by atoms with Gasteiger partial charge in [-0.05, 0) is 24.6 Å². The van der Waals surface area contributed by atoms with Gasteiger partial charge in [0.15, 0.2) is 5.78 Å². The first-order chi connectivity index (χ1) is 8.58. The Labute approximate surface area is 106 Å². The number of ketones is 1. The molecular formula is C16H15FO. The van der Waals surface area contributed by atoms with Crippen LogP contribution in [-0.4, -0.2) is 5.78 Å². The molecule has 0 heterocycles. The number of carbonyl (C=O) groups excluding carboxylic acids is 1. The molecule has 92 valence electrons. The first-order valence-electron chi connectivity index (χ1n) is 5.94. The summed E-state index contributed by atoms with van der Waals surface area (Å²) in [6.07, 6.45) is 0. The minimum Gasteiger partial charge on any atom is -0.294 e. The van der Waals surface area contributed by atoms with Crippen LogP contribution in [0.3, 0.4) is 0 Å². The van der Waals surface area contributed by atoms with Crippen molar-refractivity contribution in [1.82, 2.24) is 0 Å². The Kier molecular flexibility index (Phi) is 3.56. The average Bonchev–Trinajstić information content (AvgIpc) is 2.38. The van der Waals surface area contributed by atoms with Crippen LogP contribution in [0.15, 0.2) is 48.5 Å². The van der Waals surface area contributed by atoms with Gasteiger partial charge in [-0.2, -0.15) is 0 Å². The maximum atomic E-state index is 13.1. The van der Waals surface area contributed by atoms with Gasteiger partial charge in [0.05, 0.1) is 0 Å². The van der Waals surface area contributed by atoms with Gasteiger partial charge in [-0.1, -0.05) is 48.9 Å². The van der Waals surface area contributed by atoms with Gasteiger partial charge < -0.3 is 0 Å². The van der Waals surface area contributed by atoms with Crippen LogP contribution < -0.4 is 0 Å². The molecule has 0 aromatic heterocycles. The summed E-state index contributed by atoms with van der Waals surface area (Å²) >= 11 is 0. The van der Waals surface area contributed by atoms with Crippen molar-refractivity contribution >= 4 is 5.78 Å². The van der Waals surface area contributed by atoms with Crippen LogP contribution in [0, 0.1) is 12.7 Å². The van der Waals surface area contributed by atoms with Crippen LogP contribution in [0.4, 0.5) is 4.39 Å². The number of aryl methyl sites for hydroxylation is 1. The van der Waals surface area contributed by atoms with E-state index in [0.717, 1.165) is 5.56 Å². The van der Waals surface area contributed by atoms with Gasteiger partial charge in [0.1, 0.15) is 5.82 Å². The van der Waals surface area contributed by atoms with E-state index in [9.17, 15) is 9.18 Å². The van der Waals surface area contributed by atoms with Crippen LogP contribution >= 0.6 is 0 Å². The van der Waals surface area contributed by atoms with Crippen molar-refractivity contribution < 1.29 is 9.18 Å². The normalized spacial score (nSPS) is 12.2. The fourth-order valence-electron chi connectivity index (χ4n) is 1.90. The van der Waals surface area contributed by atoms with Crippen LogP contribution in [0.5, 0.6) is 0 Å². The quantitative estimate of drug-likeness (QED) is 0.740. The molecule has 0 aliphatic heterocycles. The molecule has 2 aromatic carbocycles. The lowest BCUT2D eigenvalue weighted by Crippen LogP contribution is -2.09. The number of hydrogen-bond acceptors (Lipinski definition) is 1. The summed E-state index contributed by atoms with van der Waals surface area (Å²) in [5.41, 5.74) is 2.49. The zero-order valence-corrected chi connectivity index (χ0v) is 10.5. The topological polar surface area (TPSA) is 17.1 Å². The Morgan fingerprint density at radius 2 is 1.78 bits per heavy atom. The lowest BCUT2D eigenvalue weighted by molar-refractivity contribution is 0.0966. The standard InChI is InChI=1S/C16H15FO/c1-11-6-8-13(9-7-11)16(18)12(2)14-4-3-5-15(17)10-14/h3-10,12H,1-2H3. The zero-order valence-electron chi connectivity index (χ0n) is 10.5. The van der Waals surface area contributed by atoms with Crippen molar-refractivity contribution in [1.29, 1.82) is 0 Å². The maximum absolute atomic E-state index is 13.1. The van der Waals surface area contributed by atoms with Crippen LogP contribution in [0.1, 0.15) is 34.3 Å². The van der Waals surface area contributed by atoms with Gasteiger partial charge in [-0.15, -0.1) is 0 Å². The molecule has 0 aliphatic carbocycles. The number of halogens is 1. The third-order valence-electron chi connectivity index (χ3n) is 3.08. The van der Waals surface area contributed by atoms with E-state index in [4.69, 9.17) is 0 Å². The lowest BCUT2D eigenvalue weighted by Gasteiger charge is -2.11. The van der Waals surface area contributed by atoms with Crippen LogP contribution in [0.25, 0.3) is 0 Å². The van der Waals surface area contributed by atoms with E-state index >= 15 is 0 Å². The molecule has 2 aromatic rings. The Morgan fingerprint density at radius 3 is 2.39 bits per heavy atom. The van der Waals surface area contributed by atoms with Gasteiger partial charge >= 0.3 is 0 Å². The highest BCUT2D eigenvalue weighted by Gasteiger charge is 2.17. The van der Waals surface area contributed by atoms with E-state index in [0.29, 0.717) is 11.1 Å². The minimum absolute atomic E-state index is 0.0144. The lowest BCUT2D eigenvalue weighted by atomic mass is 9.92. The molecule has 0 saturated carbocycles. The predicted octanol–water partition coefficient (Wildman–Crippen LogP) is 4.12. The Balaban J connectivity index is 2.26. The Bertz CT molecular complexity index is 558. The zero-order chi connectivity index (χ0) is 13.1. The smallest absolute Gasteiger partial charge is 0.170 e. The number of carbonyl (C=O) groups is 1. The molecule has 0 fully saturated rings. The molecule has 0 bridgehead atoms. The second kappa shape index (κ2) is 5.13. The molecule has 18 heavy (non-hydrogen) atoms. The molecule has 0 radical (unpaired) electrons. The summed E-state index contributed by atoms with van der Waals surface area (Å²) in [6, 6.07) is 13.6. The number of Topliss-reactive ketones (excluding diaryl/α,β-unsaturated/α-hetero) is 1. The van der Waals surface area contributed by atoms with Gasteiger partial charge in [-0.3, -0.25) is 4.79 Å². The highest BCUT2D eigenvalue weighted by molar-refractivity contribution is 6.00. The second-order valence-electron chi connectivity index (χ2n) is 4.51. The molecular weight excluding hydrogens is 227 g/mol. The molecule has 0 spiro atoms. The average molecular weight is 242 g/mol. The Hall–Kier alpha value is -1.96. The molecule has 0 amide bonds. The molecule has 1 atom stereocenters. The fourth-order valence-corrected chi connectivity index (χ4v) is 1.90. The van der Waals surface area contributed by atoms with E-state index in [-0.39, 0.29) is 17.5 Å². The van der Waals surface area contributed by atoms with Crippen molar-refractivity contribution in [2.24, 2.45) is 0 Å². The van der Waals surface area contributed by atoms with Crippen molar-refractivity contribution in [2.75, 3.05) is 0 Å². The van der Waals surface area contributed by atoms with Crippen LogP contribution in [-0.2, 0) is 0 Å². The van der Waals surface area contributed by atoms with Gasteiger partial charge in [0.25, 0.3) is 0 Å². The van der Waals surface area contributed by atoms with Crippen molar-refractivity contribution in [2.45, 2.75) is 19.8 Å². The molecule has 0 aliphatic rings. The van der Waals surface area contributed by atoms with Gasteiger partial charge in [0.2, 0.25) is 0 Å². The van der Waals surface area contributed by atoms with E-state index in [1.165, 1.54) is 12.1 Å². The predicted molar refractivity (Wildman–Crippen MR) is 70.3 cm³/mol. The highest BCUT2D eigenvalue weighted by atomic mass is 19.1. The van der Waals surface area contributed by atoms with E-state index in [1.54, 1.807) is 19.1 Å². The van der Waals surface area contributed by atoms with Gasteiger partial charge in [-0.25, -0.2) is 4.39 Å². The minimum atomic E-state index is -0.330. The molecule has 2 rings (SSSR count). The van der Waals surface area contributed by atoms with Gasteiger partial charge in [0, 0.05) is 11.5 Å². The summed E-state index contributed by atoms with van der Waals surface area (Å²) in [7, 11) is 0. The Morgan fingerprint density at radius 1 is 1.11 bits per heavy atom. The van der Waals surface area contributed by atoms with Crippen molar-refractivity contribution in [3.8, 4) is 0 Å². The van der Waals surface area contributed by atoms with E-state index in [2.05, 4.69) is 0 Å². The van der Waals surface area contributed by atoms with Crippen molar-refractivity contribution in [3.05, 3.63) is 71.0 Å². The molecule has 0 N–H and O–H groups in total. The summed E-state index contributed by atoms with van der Waals surface area (Å²) in [4.78, 5) is 12.2. The van der Waals surface area contributed by atoms with E-state index < -0.39 is 0 Å². The first kappa shape index (κ1) is 12.5. The molecule has 1 unspecified atom stereocenters. The molecule has 2 heteroatoms. The molecule has 1 nitrogen and oxygen atoms in total. The summed E-state index contributed by atoms with van der Waals surface area (Å²) in [6.45, 7) is 3.78. The maximum Gasteiger partial charge on any atom is 0.170 e. The van der Waals surface area contributed by atoms with Crippen LogP contribution in [0.2, 0.25) is 0 Å². The summed E-state index contributed by atoms with van der Waals surface area (Å²) in [5.74, 6) is -0.625. The van der Waals surface area contributed by atoms with E-state index in [1.807, 2.05) is 31.2 Å². The van der Waals surface area contributed by atoms with Crippen molar-refractivity contribution in [3.63, 3.8) is 0 Å². The largest absolute Gasteiger partial charge is 0.294 e. The summed E-state index contributed by atoms with van der Waals surface area (Å²) in [5, 5.41) is 0. The second-order valence-corrected chi connectivity index (χ2v) is 4.51. The third-order valence-corrected chi connectivity index (χ3v) is 3.08. The highest BCUT2D eigenvalue weighted by Crippen LogP contribution is 2.21. The first-order valence-corrected chi connectivity index (χ1v) is 5.94. The fraction of sp³-hybridized carbons (Fsp3) is 0.188. The number of hydrogen-bond donors (Lipinski definition) is 0. The summed E-state index contributed by atoms with van der Waals surface area (Å²) < 4.78 is 13.1. The molecule has 0 saturated heterocycles. The monoisotopic (exact) mass is 242 g/mol. The SMILES string of the molecule is Cc1ccc(C(=O)C(C)c2cccc(F)c2)cc1.